The van der Waals surface area contributed by atoms with Gasteiger partial charge in [0.25, 0.3) is 0 Å². The maximum atomic E-state index is 5.97. The third-order valence-corrected chi connectivity index (χ3v) is 5.80. The summed E-state index contributed by atoms with van der Waals surface area (Å²) in [4.78, 5) is 0. The molecule has 0 aliphatic carbocycles. The second kappa shape index (κ2) is 4.13. The van der Waals surface area contributed by atoms with Gasteiger partial charge in [-0.1, -0.05) is 0 Å². The standard InChI is InChI=1S/C12H6Cl2OTe/c13-7-1-3-9-11(5-7)16-12-6-8(14)2-4-10(12)15-9/h1-6H. The number of halogens is 2. The van der Waals surface area contributed by atoms with E-state index in [0.29, 0.717) is 0 Å². The number of ether oxygens (including phenoxy) is 1. The molecular formula is C12H6Cl2OTe. The van der Waals surface area contributed by atoms with Gasteiger partial charge >= 0.3 is 114 Å². The first kappa shape index (κ1) is 10.7. The first-order valence-electron chi connectivity index (χ1n) is 4.67. The summed E-state index contributed by atoms with van der Waals surface area (Å²) in [5, 5.41) is 1.52. The summed E-state index contributed by atoms with van der Waals surface area (Å²) in [6, 6.07) is 11.6. The molecule has 0 bridgehead atoms. The molecule has 1 aliphatic rings. The second-order valence-electron chi connectivity index (χ2n) is 3.39. The average molecular weight is 365 g/mol. The van der Waals surface area contributed by atoms with Crippen LogP contribution in [0.2, 0.25) is 10.0 Å². The Balaban J connectivity index is 2.10. The Morgan fingerprint density at radius 3 is 1.81 bits per heavy atom. The molecule has 0 saturated heterocycles. The Kier molecular flexibility index (Phi) is 2.77. The van der Waals surface area contributed by atoms with Gasteiger partial charge in [-0.2, -0.15) is 0 Å². The van der Waals surface area contributed by atoms with Crippen molar-refractivity contribution in [1.82, 2.24) is 0 Å². The van der Waals surface area contributed by atoms with Gasteiger partial charge < -0.3 is 0 Å². The monoisotopic (exact) mass is 366 g/mol. The Bertz CT molecular complexity index is 519. The third kappa shape index (κ3) is 1.92. The predicted molar refractivity (Wildman–Crippen MR) is 68.0 cm³/mol. The molecule has 0 atom stereocenters. The third-order valence-electron chi connectivity index (χ3n) is 2.25. The SMILES string of the molecule is Clc1ccc2c(c1)[Te]c1cc(Cl)ccc1O2. The molecule has 0 unspecified atom stereocenters. The van der Waals surface area contributed by atoms with Gasteiger partial charge in [-0.25, -0.2) is 0 Å². The van der Waals surface area contributed by atoms with Crippen LogP contribution in [0.1, 0.15) is 0 Å². The molecule has 0 aromatic heterocycles. The number of fused-ring (bicyclic) bond motifs is 2. The van der Waals surface area contributed by atoms with E-state index < -0.39 is 20.9 Å². The first-order valence-corrected chi connectivity index (χ1v) is 7.76. The van der Waals surface area contributed by atoms with Crippen molar-refractivity contribution in [3.8, 4) is 11.5 Å². The van der Waals surface area contributed by atoms with Crippen LogP contribution in [-0.4, -0.2) is 20.9 Å². The van der Waals surface area contributed by atoms with Gasteiger partial charge in [0.15, 0.2) is 0 Å². The van der Waals surface area contributed by atoms with Crippen LogP contribution in [0.4, 0.5) is 0 Å². The summed E-state index contributed by atoms with van der Waals surface area (Å²) in [6.45, 7) is 0. The first-order chi connectivity index (χ1) is 7.72. The van der Waals surface area contributed by atoms with E-state index in [1.807, 2.05) is 36.4 Å². The molecule has 0 amide bonds. The summed E-state index contributed by atoms with van der Waals surface area (Å²) in [5.74, 6) is 1.86. The van der Waals surface area contributed by atoms with Gasteiger partial charge in [0.05, 0.1) is 0 Å². The molecule has 4 heteroatoms. The number of hydrogen-bond acceptors (Lipinski definition) is 1. The van der Waals surface area contributed by atoms with Gasteiger partial charge in [-0.15, -0.1) is 0 Å². The summed E-state index contributed by atoms with van der Waals surface area (Å²) in [6.07, 6.45) is 0. The molecule has 0 radical (unpaired) electrons. The molecule has 80 valence electrons. The fourth-order valence-corrected chi connectivity index (χ4v) is 5.22. The Morgan fingerprint density at radius 2 is 1.31 bits per heavy atom. The average Bonchev–Trinajstić information content (AvgIpc) is 2.26. The topological polar surface area (TPSA) is 9.23 Å². The van der Waals surface area contributed by atoms with Crippen LogP contribution in [0.3, 0.4) is 0 Å². The molecule has 2 aromatic rings. The van der Waals surface area contributed by atoms with Gasteiger partial charge in [0.2, 0.25) is 0 Å². The van der Waals surface area contributed by atoms with Crippen LogP contribution in [0.25, 0.3) is 0 Å². The van der Waals surface area contributed by atoms with Crippen molar-refractivity contribution in [2.75, 3.05) is 0 Å². The van der Waals surface area contributed by atoms with Gasteiger partial charge in [-0.3, -0.25) is 0 Å². The molecular weight excluding hydrogens is 359 g/mol. The van der Waals surface area contributed by atoms with E-state index in [0.717, 1.165) is 21.5 Å². The summed E-state index contributed by atoms with van der Waals surface area (Å²) < 4.78 is 8.26. The fraction of sp³-hybridized carbons (Fsp3) is 0. The maximum absolute atomic E-state index is 5.97. The normalized spacial score (nSPS) is 12.6. The quantitative estimate of drug-likeness (QED) is 0.557. The van der Waals surface area contributed by atoms with Crippen molar-refractivity contribution >= 4 is 51.3 Å². The van der Waals surface area contributed by atoms with E-state index in [2.05, 4.69) is 0 Å². The molecule has 0 spiro atoms. The summed E-state index contributed by atoms with van der Waals surface area (Å²) in [7, 11) is 0. The molecule has 1 nitrogen and oxygen atoms in total. The van der Waals surface area contributed by atoms with Crippen molar-refractivity contribution in [3.05, 3.63) is 46.4 Å². The van der Waals surface area contributed by atoms with Gasteiger partial charge in [0, 0.05) is 0 Å². The number of rotatable bonds is 0. The fourth-order valence-electron chi connectivity index (χ4n) is 1.53. The Hall–Kier alpha value is -0.390. The van der Waals surface area contributed by atoms with E-state index >= 15 is 0 Å². The van der Waals surface area contributed by atoms with Crippen LogP contribution in [0.5, 0.6) is 11.5 Å². The minimum absolute atomic E-state index is 0.446. The zero-order chi connectivity index (χ0) is 11.1. The second-order valence-corrected chi connectivity index (χ2v) is 7.35. The Labute approximate surface area is 113 Å². The van der Waals surface area contributed by atoms with E-state index in [9.17, 15) is 0 Å². The predicted octanol–water partition coefficient (Wildman–Crippen LogP) is 2.75. The molecule has 1 aliphatic heterocycles. The van der Waals surface area contributed by atoms with Crippen molar-refractivity contribution < 1.29 is 4.74 Å². The minimum atomic E-state index is -0.446. The van der Waals surface area contributed by atoms with Crippen LogP contribution in [0.15, 0.2) is 36.4 Å². The van der Waals surface area contributed by atoms with Crippen LogP contribution >= 0.6 is 23.2 Å². The summed E-state index contributed by atoms with van der Waals surface area (Å²) in [5.41, 5.74) is 0. The van der Waals surface area contributed by atoms with E-state index in [1.54, 1.807) is 0 Å². The van der Waals surface area contributed by atoms with E-state index in [4.69, 9.17) is 27.9 Å². The number of hydrogen-bond donors (Lipinski definition) is 0. The molecule has 1 heterocycles. The van der Waals surface area contributed by atoms with Crippen LogP contribution < -0.4 is 12.0 Å². The molecule has 0 saturated carbocycles. The van der Waals surface area contributed by atoms with Gasteiger partial charge in [0.1, 0.15) is 0 Å². The van der Waals surface area contributed by atoms with Gasteiger partial charge in [-0.05, 0) is 0 Å². The zero-order valence-electron chi connectivity index (χ0n) is 8.04. The molecule has 0 fully saturated rings. The molecule has 2 aromatic carbocycles. The van der Waals surface area contributed by atoms with Crippen molar-refractivity contribution in [1.29, 1.82) is 0 Å². The molecule has 0 N–H and O–H groups in total. The van der Waals surface area contributed by atoms with Crippen LogP contribution in [-0.2, 0) is 0 Å². The molecule has 3 rings (SSSR count). The molecule has 16 heavy (non-hydrogen) atoms. The summed E-state index contributed by atoms with van der Waals surface area (Å²) >= 11 is 11.5. The van der Waals surface area contributed by atoms with Crippen molar-refractivity contribution in [3.63, 3.8) is 0 Å². The van der Waals surface area contributed by atoms with E-state index in [1.165, 1.54) is 7.22 Å². The zero-order valence-corrected chi connectivity index (χ0v) is 11.9. The Morgan fingerprint density at radius 1 is 0.812 bits per heavy atom. The van der Waals surface area contributed by atoms with Crippen LogP contribution in [0, 0.1) is 0 Å². The number of benzene rings is 2. The van der Waals surface area contributed by atoms with Crippen molar-refractivity contribution in [2.24, 2.45) is 0 Å². The van der Waals surface area contributed by atoms with E-state index in [-0.39, 0.29) is 0 Å². The van der Waals surface area contributed by atoms with Crippen molar-refractivity contribution in [2.45, 2.75) is 0 Å².